The Bertz CT molecular complexity index is 542. The molecule has 0 aliphatic heterocycles. The molecule has 0 radical (unpaired) electrons. The molecule has 0 aliphatic rings. The first-order valence-electron chi connectivity index (χ1n) is 6.72. The van der Waals surface area contributed by atoms with Crippen molar-refractivity contribution in [1.29, 1.82) is 0 Å². The molecule has 1 aromatic rings. The summed E-state index contributed by atoms with van der Waals surface area (Å²) in [5, 5.41) is 2.60. The zero-order valence-electron chi connectivity index (χ0n) is 12.9. The monoisotopic (exact) mass is 308 g/mol. The van der Waals surface area contributed by atoms with Gasteiger partial charge in [0.25, 0.3) is 11.8 Å². The Hall–Kier alpha value is -2.57. The van der Waals surface area contributed by atoms with Gasteiger partial charge in [0, 0.05) is 20.6 Å². The summed E-state index contributed by atoms with van der Waals surface area (Å²) in [6.45, 7) is -0.182. The summed E-state index contributed by atoms with van der Waals surface area (Å²) in [5.41, 5.74) is 0.390. The van der Waals surface area contributed by atoms with Crippen LogP contribution in [-0.4, -0.2) is 57.0 Å². The highest BCUT2D eigenvalue weighted by atomic mass is 16.5. The van der Waals surface area contributed by atoms with Gasteiger partial charge in [-0.1, -0.05) is 12.1 Å². The minimum absolute atomic E-state index is 0.0123. The van der Waals surface area contributed by atoms with Crippen LogP contribution >= 0.6 is 0 Å². The molecule has 7 heteroatoms. The van der Waals surface area contributed by atoms with Gasteiger partial charge in [-0.2, -0.15) is 0 Å². The molecule has 0 aromatic heterocycles. The van der Waals surface area contributed by atoms with Crippen molar-refractivity contribution in [3.63, 3.8) is 0 Å². The van der Waals surface area contributed by atoms with E-state index in [9.17, 15) is 14.4 Å². The number of carbonyl (C=O) groups excluding carboxylic acids is 3. The Labute approximate surface area is 129 Å². The molecule has 0 aliphatic carbocycles. The molecule has 0 heterocycles. The quantitative estimate of drug-likeness (QED) is 0.739. The molecule has 1 N–H and O–H groups in total. The maximum atomic E-state index is 12.0. The van der Waals surface area contributed by atoms with E-state index in [2.05, 4.69) is 5.32 Å². The summed E-state index contributed by atoms with van der Waals surface area (Å²) in [5.74, 6) is -0.726. The van der Waals surface area contributed by atoms with Gasteiger partial charge in [0.1, 0.15) is 5.75 Å². The molecular formula is C15H20N2O5. The number of rotatable bonds is 7. The number of methoxy groups -OCH3 is 1. The molecule has 0 fully saturated rings. The van der Waals surface area contributed by atoms with Gasteiger partial charge >= 0.3 is 5.97 Å². The SMILES string of the molecule is COc1ccccc1C(=O)NCCC(=O)OCC(=O)N(C)C. The van der Waals surface area contributed by atoms with Gasteiger partial charge in [0.05, 0.1) is 19.1 Å². The third-order valence-corrected chi connectivity index (χ3v) is 2.82. The van der Waals surface area contributed by atoms with Crippen LogP contribution in [0.25, 0.3) is 0 Å². The lowest BCUT2D eigenvalue weighted by Gasteiger charge is -2.11. The van der Waals surface area contributed by atoms with Crippen LogP contribution in [-0.2, 0) is 14.3 Å². The summed E-state index contributed by atoms with van der Waals surface area (Å²) in [7, 11) is 4.62. The van der Waals surface area contributed by atoms with Crippen molar-refractivity contribution in [2.24, 2.45) is 0 Å². The first-order valence-corrected chi connectivity index (χ1v) is 6.72. The van der Waals surface area contributed by atoms with Crippen molar-refractivity contribution < 1.29 is 23.9 Å². The number of benzene rings is 1. The van der Waals surface area contributed by atoms with Crippen LogP contribution in [0.5, 0.6) is 5.75 Å². The normalized spacial score (nSPS) is 9.77. The van der Waals surface area contributed by atoms with Gasteiger partial charge < -0.3 is 19.7 Å². The first kappa shape index (κ1) is 17.5. The van der Waals surface area contributed by atoms with E-state index in [1.54, 1.807) is 38.4 Å². The van der Waals surface area contributed by atoms with Crippen molar-refractivity contribution in [3.05, 3.63) is 29.8 Å². The predicted molar refractivity (Wildman–Crippen MR) is 79.6 cm³/mol. The largest absolute Gasteiger partial charge is 0.496 e. The highest BCUT2D eigenvalue weighted by Gasteiger charge is 2.12. The second-order valence-electron chi connectivity index (χ2n) is 4.66. The minimum atomic E-state index is -0.546. The topological polar surface area (TPSA) is 84.9 Å². The molecule has 22 heavy (non-hydrogen) atoms. The van der Waals surface area contributed by atoms with Crippen LogP contribution < -0.4 is 10.1 Å². The molecule has 0 bridgehead atoms. The Kier molecular flexibility index (Phi) is 6.88. The Morgan fingerprint density at radius 2 is 1.86 bits per heavy atom. The first-order chi connectivity index (χ1) is 10.5. The number of esters is 1. The van der Waals surface area contributed by atoms with E-state index in [4.69, 9.17) is 9.47 Å². The third-order valence-electron chi connectivity index (χ3n) is 2.82. The lowest BCUT2D eigenvalue weighted by Crippen LogP contribution is -2.29. The van der Waals surface area contributed by atoms with Gasteiger partial charge in [-0.3, -0.25) is 14.4 Å². The highest BCUT2D eigenvalue weighted by Crippen LogP contribution is 2.16. The average molecular weight is 308 g/mol. The number of likely N-dealkylation sites (N-methyl/N-ethyl adjacent to an activating group) is 1. The van der Waals surface area contributed by atoms with Crippen LogP contribution in [0.4, 0.5) is 0 Å². The summed E-state index contributed by atoms with van der Waals surface area (Å²) in [4.78, 5) is 36.0. The fraction of sp³-hybridized carbons (Fsp3) is 0.400. The lowest BCUT2D eigenvalue weighted by molar-refractivity contribution is -0.150. The Morgan fingerprint density at radius 3 is 2.50 bits per heavy atom. The number of nitrogens with one attached hydrogen (secondary N) is 1. The molecule has 120 valence electrons. The van der Waals surface area contributed by atoms with E-state index in [-0.39, 0.29) is 31.4 Å². The van der Waals surface area contributed by atoms with E-state index in [1.165, 1.54) is 12.0 Å². The smallest absolute Gasteiger partial charge is 0.308 e. The number of nitrogens with zero attached hydrogens (tertiary/aromatic N) is 1. The molecular weight excluding hydrogens is 288 g/mol. The molecule has 1 aromatic carbocycles. The van der Waals surface area contributed by atoms with Crippen molar-refractivity contribution in [3.8, 4) is 5.75 Å². The van der Waals surface area contributed by atoms with Gasteiger partial charge in [0.15, 0.2) is 6.61 Å². The molecule has 0 saturated heterocycles. The van der Waals surface area contributed by atoms with Gasteiger partial charge in [0.2, 0.25) is 0 Å². The van der Waals surface area contributed by atoms with Crippen molar-refractivity contribution in [2.45, 2.75) is 6.42 Å². The maximum Gasteiger partial charge on any atom is 0.308 e. The maximum absolute atomic E-state index is 12.0. The van der Waals surface area contributed by atoms with Gasteiger partial charge in [-0.25, -0.2) is 0 Å². The number of ether oxygens (including phenoxy) is 2. The molecule has 0 spiro atoms. The van der Waals surface area contributed by atoms with Crippen LogP contribution in [0.3, 0.4) is 0 Å². The van der Waals surface area contributed by atoms with Crippen LogP contribution in [0.2, 0.25) is 0 Å². The number of carbonyl (C=O) groups is 3. The van der Waals surface area contributed by atoms with Gasteiger partial charge in [-0.15, -0.1) is 0 Å². The zero-order valence-corrected chi connectivity index (χ0v) is 12.9. The van der Waals surface area contributed by atoms with Crippen molar-refractivity contribution in [2.75, 3.05) is 34.4 Å². The standard InChI is InChI=1S/C15H20N2O5/c1-17(2)13(18)10-22-14(19)8-9-16-15(20)11-6-4-5-7-12(11)21-3/h4-7H,8-10H2,1-3H3,(H,16,20). The second-order valence-corrected chi connectivity index (χ2v) is 4.66. The van der Waals surface area contributed by atoms with Crippen molar-refractivity contribution >= 4 is 17.8 Å². The van der Waals surface area contributed by atoms with Crippen LogP contribution in [0.15, 0.2) is 24.3 Å². The Morgan fingerprint density at radius 1 is 1.18 bits per heavy atom. The van der Waals surface area contributed by atoms with E-state index in [0.717, 1.165) is 0 Å². The van der Waals surface area contributed by atoms with E-state index in [0.29, 0.717) is 11.3 Å². The molecule has 7 nitrogen and oxygen atoms in total. The molecule has 0 saturated carbocycles. The minimum Gasteiger partial charge on any atom is -0.496 e. The van der Waals surface area contributed by atoms with E-state index >= 15 is 0 Å². The van der Waals surface area contributed by atoms with Gasteiger partial charge in [-0.05, 0) is 12.1 Å². The second kappa shape index (κ2) is 8.66. The lowest BCUT2D eigenvalue weighted by atomic mass is 10.2. The average Bonchev–Trinajstić information content (AvgIpc) is 2.52. The number of para-hydroxylation sites is 1. The number of hydrogen-bond donors (Lipinski definition) is 1. The summed E-state index contributed by atoms with van der Waals surface area (Å²) in [6.07, 6.45) is -0.0123. The molecule has 0 atom stereocenters. The summed E-state index contributed by atoms with van der Waals surface area (Å²) in [6, 6.07) is 6.78. The molecule has 2 amide bonds. The summed E-state index contributed by atoms with van der Waals surface area (Å²) < 4.78 is 9.88. The molecule has 0 unspecified atom stereocenters. The molecule has 1 rings (SSSR count). The number of amides is 2. The van der Waals surface area contributed by atoms with E-state index < -0.39 is 5.97 Å². The Balaban J connectivity index is 2.36. The van der Waals surface area contributed by atoms with Crippen molar-refractivity contribution in [1.82, 2.24) is 10.2 Å². The zero-order chi connectivity index (χ0) is 16.5. The third kappa shape index (κ3) is 5.43. The fourth-order valence-corrected chi connectivity index (χ4v) is 1.55. The summed E-state index contributed by atoms with van der Waals surface area (Å²) >= 11 is 0. The van der Waals surface area contributed by atoms with Crippen LogP contribution in [0.1, 0.15) is 16.8 Å². The van der Waals surface area contributed by atoms with Crippen LogP contribution in [0, 0.1) is 0 Å². The highest BCUT2D eigenvalue weighted by molar-refractivity contribution is 5.97. The predicted octanol–water partition coefficient (Wildman–Crippen LogP) is 0.446. The van der Waals surface area contributed by atoms with E-state index in [1.807, 2.05) is 0 Å². The fourth-order valence-electron chi connectivity index (χ4n) is 1.55. The number of hydrogen-bond acceptors (Lipinski definition) is 5.